The van der Waals surface area contributed by atoms with Gasteiger partial charge in [0.15, 0.2) is 0 Å². The van der Waals surface area contributed by atoms with Gasteiger partial charge in [0.25, 0.3) is 0 Å². The summed E-state index contributed by atoms with van der Waals surface area (Å²) in [4.78, 5) is 0. The number of ether oxygens (including phenoxy) is 1. The van der Waals surface area contributed by atoms with Crippen LogP contribution in [0.25, 0.3) is 0 Å². The maximum atomic E-state index is 6.07. The van der Waals surface area contributed by atoms with Gasteiger partial charge in [-0.1, -0.05) is 46.9 Å². The molecule has 0 spiro atoms. The fourth-order valence-electron chi connectivity index (χ4n) is 1.57. The van der Waals surface area contributed by atoms with E-state index in [4.69, 9.17) is 39.5 Å². The molecule has 0 saturated carbocycles. The Morgan fingerprint density at radius 1 is 1.00 bits per heavy atom. The lowest BCUT2D eigenvalue weighted by Crippen LogP contribution is -2.11. The Kier molecular flexibility index (Phi) is 5.85. The molecule has 0 aromatic heterocycles. The van der Waals surface area contributed by atoms with Crippen LogP contribution in [-0.2, 0) is 0 Å². The number of rotatable bonds is 5. The highest BCUT2D eigenvalue weighted by Crippen LogP contribution is 2.34. The minimum Gasteiger partial charge on any atom is -0.490 e. The third-order valence-electron chi connectivity index (χ3n) is 2.52. The summed E-state index contributed by atoms with van der Waals surface area (Å²) in [5, 5.41) is 4.94. The highest BCUT2D eigenvalue weighted by Gasteiger charge is 2.06. The zero-order valence-corrected chi connectivity index (χ0v) is 14.2. The smallest absolute Gasteiger partial charge is 0.139 e. The van der Waals surface area contributed by atoms with Gasteiger partial charge in [0.05, 0.1) is 20.8 Å². The van der Waals surface area contributed by atoms with Crippen LogP contribution < -0.4 is 10.1 Å². The molecule has 0 aliphatic heterocycles. The lowest BCUT2D eigenvalue weighted by Gasteiger charge is -2.11. The number of para-hydroxylation sites is 1. The van der Waals surface area contributed by atoms with E-state index < -0.39 is 0 Å². The van der Waals surface area contributed by atoms with Crippen LogP contribution >= 0.6 is 50.7 Å². The van der Waals surface area contributed by atoms with Crippen LogP contribution in [0.1, 0.15) is 0 Å². The average Bonchev–Trinajstić information content (AvgIpc) is 2.42. The van der Waals surface area contributed by atoms with Crippen LogP contribution in [0, 0.1) is 0 Å². The van der Waals surface area contributed by atoms with E-state index in [9.17, 15) is 0 Å². The number of benzene rings is 2. The first-order chi connectivity index (χ1) is 9.58. The molecule has 2 rings (SSSR count). The predicted octanol–water partition coefficient (Wildman–Crippen LogP) is 5.90. The van der Waals surface area contributed by atoms with E-state index in [0.717, 1.165) is 10.2 Å². The molecule has 1 N–H and O–H groups in total. The van der Waals surface area contributed by atoms with E-state index in [2.05, 4.69) is 21.2 Å². The second-order valence-electron chi connectivity index (χ2n) is 3.95. The zero-order chi connectivity index (χ0) is 14.5. The lowest BCUT2D eigenvalue weighted by molar-refractivity contribution is 0.333. The molecule has 2 aromatic carbocycles. The van der Waals surface area contributed by atoms with Gasteiger partial charge < -0.3 is 10.1 Å². The molecule has 0 aliphatic carbocycles. The summed E-state index contributed by atoms with van der Waals surface area (Å²) < 4.78 is 6.33. The monoisotopic (exact) mass is 393 g/mol. The Balaban J connectivity index is 1.88. The lowest BCUT2D eigenvalue weighted by atomic mass is 10.3. The maximum Gasteiger partial charge on any atom is 0.139 e. The van der Waals surface area contributed by atoms with Crippen LogP contribution in [0.3, 0.4) is 0 Å². The maximum absolute atomic E-state index is 6.07. The summed E-state index contributed by atoms with van der Waals surface area (Å²) in [6, 6.07) is 10.9. The molecule has 0 amide bonds. The predicted molar refractivity (Wildman–Crippen MR) is 89.6 cm³/mol. The van der Waals surface area contributed by atoms with Crippen molar-refractivity contribution in [2.45, 2.75) is 0 Å². The van der Waals surface area contributed by atoms with E-state index in [1.54, 1.807) is 12.1 Å². The fraction of sp³-hybridized carbons (Fsp3) is 0.143. The van der Waals surface area contributed by atoms with Gasteiger partial charge in [0.1, 0.15) is 12.4 Å². The molecular formula is C14H11BrCl3NO. The Morgan fingerprint density at radius 2 is 1.75 bits per heavy atom. The van der Waals surface area contributed by atoms with Gasteiger partial charge >= 0.3 is 0 Å². The van der Waals surface area contributed by atoms with Gasteiger partial charge in [0.2, 0.25) is 0 Å². The second-order valence-corrected chi connectivity index (χ2v) is 6.03. The van der Waals surface area contributed by atoms with Gasteiger partial charge in [-0.05, 0) is 34.1 Å². The van der Waals surface area contributed by atoms with Crippen molar-refractivity contribution in [1.29, 1.82) is 0 Å². The van der Waals surface area contributed by atoms with Crippen LogP contribution in [0.5, 0.6) is 5.75 Å². The van der Waals surface area contributed by atoms with Gasteiger partial charge in [-0.25, -0.2) is 0 Å². The van der Waals surface area contributed by atoms with Gasteiger partial charge in [-0.15, -0.1) is 0 Å². The summed E-state index contributed by atoms with van der Waals surface area (Å²) in [6.07, 6.45) is 0. The third kappa shape index (κ3) is 4.19. The number of hydrogen-bond acceptors (Lipinski definition) is 2. The summed E-state index contributed by atoms with van der Waals surface area (Å²) in [6.45, 7) is 1.05. The molecule has 0 aliphatic rings. The van der Waals surface area contributed by atoms with Crippen LogP contribution in [0.2, 0.25) is 15.1 Å². The average molecular weight is 396 g/mol. The van der Waals surface area contributed by atoms with Crippen LogP contribution in [0.4, 0.5) is 5.69 Å². The second kappa shape index (κ2) is 7.41. The first-order valence-electron chi connectivity index (χ1n) is 5.83. The molecular weight excluding hydrogens is 384 g/mol. The topological polar surface area (TPSA) is 21.3 Å². The number of anilines is 1. The van der Waals surface area contributed by atoms with Crippen LogP contribution in [0.15, 0.2) is 40.9 Å². The van der Waals surface area contributed by atoms with E-state index in [-0.39, 0.29) is 0 Å². The largest absolute Gasteiger partial charge is 0.490 e. The van der Waals surface area contributed by atoms with E-state index in [0.29, 0.717) is 34.0 Å². The Bertz CT molecular complexity index is 607. The first-order valence-corrected chi connectivity index (χ1v) is 7.76. The molecule has 0 saturated heterocycles. The van der Waals surface area contributed by atoms with Gasteiger partial charge in [0, 0.05) is 17.1 Å². The van der Waals surface area contributed by atoms with Crippen molar-refractivity contribution in [3.63, 3.8) is 0 Å². The van der Waals surface area contributed by atoms with Gasteiger partial charge in [-0.2, -0.15) is 0 Å². The van der Waals surface area contributed by atoms with Gasteiger partial charge in [-0.3, -0.25) is 0 Å². The molecule has 0 bridgehead atoms. The quantitative estimate of drug-likeness (QED) is 0.503. The zero-order valence-electron chi connectivity index (χ0n) is 10.3. The Morgan fingerprint density at radius 3 is 2.50 bits per heavy atom. The normalized spacial score (nSPS) is 10.4. The van der Waals surface area contributed by atoms with E-state index in [1.807, 2.05) is 24.3 Å². The number of hydrogen-bond donors (Lipinski definition) is 1. The van der Waals surface area contributed by atoms with Crippen molar-refractivity contribution in [2.24, 2.45) is 0 Å². The fourth-order valence-corrected chi connectivity index (χ4v) is 2.62. The molecule has 0 heterocycles. The minimum absolute atomic E-state index is 0.447. The van der Waals surface area contributed by atoms with E-state index in [1.165, 1.54) is 0 Å². The molecule has 2 aromatic rings. The SMILES string of the molecule is Clc1cc(OCCNc2ccccc2Cl)c(Cl)cc1Br. The molecule has 2 nitrogen and oxygen atoms in total. The molecule has 20 heavy (non-hydrogen) atoms. The molecule has 106 valence electrons. The van der Waals surface area contributed by atoms with Crippen molar-refractivity contribution in [1.82, 2.24) is 0 Å². The van der Waals surface area contributed by atoms with Crippen molar-refractivity contribution in [3.8, 4) is 5.75 Å². The number of halogens is 4. The highest BCUT2D eigenvalue weighted by atomic mass is 79.9. The van der Waals surface area contributed by atoms with Crippen LogP contribution in [-0.4, -0.2) is 13.2 Å². The van der Waals surface area contributed by atoms with Crippen molar-refractivity contribution in [3.05, 3.63) is 55.9 Å². The highest BCUT2D eigenvalue weighted by molar-refractivity contribution is 9.10. The first kappa shape index (κ1) is 15.8. The van der Waals surface area contributed by atoms with Crippen molar-refractivity contribution in [2.75, 3.05) is 18.5 Å². The Hall–Kier alpha value is -0.610. The number of nitrogens with one attached hydrogen (secondary N) is 1. The Labute approximate surface area is 141 Å². The van der Waals surface area contributed by atoms with E-state index >= 15 is 0 Å². The van der Waals surface area contributed by atoms with Crippen molar-refractivity contribution < 1.29 is 4.74 Å². The molecule has 0 unspecified atom stereocenters. The summed E-state index contributed by atoms with van der Waals surface area (Å²) in [5.74, 6) is 0.556. The minimum atomic E-state index is 0.447. The van der Waals surface area contributed by atoms with Crippen molar-refractivity contribution >= 4 is 56.4 Å². The standard InChI is InChI=1S/C14H11BrCl3NO/c15-9-7-12(18)14(8-11(9)17)20-6-5-19-13-4-2-1-3-10(13)16/h1-4,7-8,19H,5-6H2. The molecule has 0 atom stereocenters. The molecule has 0 radical (unpaired) electrons. The molecule has 0 fully saturated rings. The third-order valence-corrected chi connectivity index (χ3v) is 4.35. The summed E-state index contributed by atoms with van der Waals surface area (Å²) in [7, 11) is 0. The summed E-state index contributed by atoms with van der Waals surface area (Å²) >= 11 is 21.4. The summed E-state index contributed by atoms with van der Waals surface area (Å²) in [5.41, 5.74) is 0.873. The molecule has 6 heteroatoms.